The van der Waals surface area contributed by atoms with Crippen LogP contribution in [-0.4, -0.2) is 22.9 Å². The summed E-state index contributed by atoms with van der Waals surface area (Å²) in [7, 11) is 2.02. The molecule has 130 valence electrons. The predicted molar refractivity (Wildman–Crippen MR) is 104 cm³/mol. The molecule has 0 saturated heterocycles. The van der Waals surface area contributed by atoms with Gasteiger partial charge in [-0.05, 0) is 12.8 Å². The molecular formula is C20H35N3. The summed E-state index contributed by atoms with van der Waals surface area (Å²) in [6, 6.07) is 10.5. The molecule has 23 heavy (non-hydrogen) atoms. The van der Waals surface area contributed by atoms with Gasteiger partial charge >= 0.3 is 0 Å². The van der Waals surface area contributed by atoms with Gasteiger partial charge in [-0.1, -0.05) is 71.9 Å². The van der Waals surface area contributed by atoms with Gasteiger partial charge in [0.05, 0.1) is 17.6 Å². The Balaban J connectivity index is 0.00000112. The van der Waals surface area contributed by atoms with Gasteiger partial charge < -0.3 is 4.90 Å². The van der Waals surface area contributed by atoms with E-state index in [0.29, 0.717) is 0 Å². The number of aromatic nitrogens is 2. The topological polar surface area (TPSA) is 21.1 Å². The quantitative estimate of drug-likeness (QED) is 0.674. The number of hydrogen-bond acceptors (Lipinski definition) is 2. The lowest BCUT2D eigenvalue weighted by Gasteiger charge is -2.23. The lowest BCUT2D eigenvalue weighted by Crippen LogP contribution is -2.25. The van der Waals surface area contributed by atoms with E-state index in [9.17, 15) is 0 Å². The van der Waals surface area contributed by atoms with E-state index in [-0.39, 0.29) is 0 Å². The molecule has 0 aliphatic rings. The van der Waals surface area contributed by atoms with Crippen LogP contribution in [0.2, 0.25) is 0 Å². The van der Waals surface area contributed by atoms with Gasteiger partial charge in [0.2, 0.25) is 0 Å². The third-order valence-electron chi connectivity index (χ3n) is 3.29. The molecule has 2 aromatic rings. The highest BCUT2D eigenvalue weighted by Crippen LogP contribution is 2.30. The molecule has 0 bridgehead atoms. The van der Waals surface area contributed by atoms with Crippen molar-refractivity contribution >= 4 is 5.69 Å². The van der Waals surface area contributed by atoms with Crippen molar-refractivity contribution in [3.05, 3.63) is 36.5 Å². The summed E-state index contributed by atoms with van der Waals surface area (Å²) in [5, 5.41) is 4.45. The zero-order chi connectivity index (χ0) is 17.7. The molecule has 3 heteroatoms. The Morgan fingerprint density at radius 1 is 0.913 bits per heavy atom. The first kappa shape index (κ1) is 21.2. The van der Waals surface area contributed by atoms with E-state index in [0.717, 1.165) is 25.9 Å². The van der Waals surface area contributed by atoms with Crippen LogP contribution in [0.5, 0.6) is 0 Å². The van der Waals surface area contributed by atoms with E-state index in [1.54, 1.807) is 0 Å². The van der Waals surface area contributed by atoms with Crippen molar-refractivity contribution < 1.29 is 0 Å². The minimum atomic E-state index is 1.08. The molecule has 1 heterocycles. The van der Waals surface area contributed by atoms with Gasteiger partial charge in [-0.3, -0.25) is 4.68 Å². The fourth-order valence-corrected chi connectivity index (χ4v) is 2.48. The molecule has 0 aliphatic carbocycles. The molecule has 3 nitrogen and oxygen atoms in total. The van der Waals surface area contributed by atoms with Crippen LogP contribution >= 0.6 is 0 Å². The van der Waals surface area contributed by atoms with Crippen LogP contribution in [0.3, 0.4) is 0 Å². The molecule has 0 atom stereocenters. The van der Waals surface area contributed by atoms with E-state index in [1.807, 2.05) is 45.6 Å². The van der Waals surface area contributed by atoms with Crippen molar-refractivity contribution in [2.75, 3.05) is 18.0 Å². The predicted octanol–water partition coefficient (Wildman–Crippen LogP) is 5.77. The molecule has 2 rings (SSSR count). The van der Waals surface area contributed by atoms with Crippen LogP contribution in [-0.2, 0) is 7.05 Å². The Hall–Kier alpha value is -1.77. The molecular weight excluding hydrogens is 282 g/mol. The molecule has 0 spiro atoms. The van der Waals surface area contributed by atoms with Gasteiger partial charge in [-0.25, -0.2) is 0 Å². The SMILES string of the molecule is CC.CC.CCCN(CCC)c1cnn(C)c1-c1ccccc1. The standard InChI is InChI=1S/C16H23N3.2C2H6/c1-4-11-19(12-5-2)15-13-17-18(3)16(15)14-9-7-6-8-10-14;2*1-2/h6-10,13H,4-5,11-12H2,1-3H3;2*1-2H3. The van der Waals surface area contributed by atoms with Crippen LogP contribution in [0.25, 0.3) is 11.3 Å². The Kier molecular flexibility index (Phi) is 11.8. The summed E-state index contributed by atoms with van der Waals surface area (Å²) in [6.45, 7) is 14.6. The van der Waals surface area contributed by atoms with E-state index in [1.165, 1.54) is 16.9 Å². The van der Waals surface area contributed by atoms with E-state index < -0.39 is 0 Å². The number of nitrogens with zero attached hydrogens (tertiary/aromatic N) is 3. The summed E-state index contributed by atoms with van der Waals surface area (Å²) in [5.41, 5.74) is 3.69. The third kappa shape index (κ3) is 6.09. The lowest BCUT2D eigenvalue weighted by atomic mass is 10.1. The van der Waals surface area contributed by atoms with Gasteiger partial charge in [-0.2, -0.15) is 5.10 Å². The highest BCUT2D eigenvalue weighted by atomic mass is 15.3. The van der Waals surface area contributed by atoms with Gasteiger partial charge in [0.15, 0.2) is 0 Å². The molecule has 0 aliphatic heterocycles. The second kappa shape index (κ2) is 12.7. The maximum Gasteiger partial charge on any atom is 0.0912 e. The number of anilines is 1. The van der Waals surface area contributed by atoms with Crippen LogP contribution in [0.1, 0.15) is 54.4 Å². The average molecular weight is 318 g/mol. The third-order valence-corrected chi connectivity index (χ3v) is 3.29. The van der Waals surface area contributed by atoms with Gasteiger partial charge in [0.25, 0.3) is 0 Å². The molecule has 1 aromatic heterocycles. The lowest BCUT2D eigenvalue weighted by molar-refractivity contribution is 0.744. The minimum absolute atomic E-state index is 1.08. The van der Waals surface area contributed by atoms with Crippen LogP contribution in [0.4, 0.5) is 5.69 Å². The number of rotatable bonds is 6. The number of benzene rings is 1. The normalized spacial score (nSPS) is 9.35. The van der Waals surface area contributed by atoms with Crippen LogP contribution < -0.4 is 4.90 Å². The fourth-order valence-electron chi connectivity index (χ4n) is 2.48. The van der Waals surface area contributed by atoms with Crippen molar-refractivity contribution in [1.82, 2.24) is 9.78 Å². The van der Waals surface area contributed by atoms with E-state index >= 15 is 0 Å². The van der Waals surface area contributed by atoms with Crippen molar-refractivity contribution in [2.45, 2.75) is 54.4 Å². The Morgan fingerprint density at radius 2 is 1.43 bits per heavy atom. The van der Waals surface area contributed by atoms with Gasteiger partial charge in [0.1, 0.15) is 0 Å². The molecule has 0 saturated carbocycles. The first-order valence-corrected chi connectivity index (χ1v) is 9.10. The van der Waals surface area contributed by atoms with Crippen molar-refractivity contribution in [2.24, 2.45) is 7.05 Å². The minimum Gasteiger partial charge on any atom is -0.369 e. The molecule has 1 aromatic carbocycles. The molecule has 0 radical (unpaired) electrons. The Labute approximate surface area is 143 Å². The van der Waals surface area contributed by atoms with Crippen LogP contribution in [0, 0.1) is 0 Å². The largest absolute Gasteiger partial charge is 0.369 e. The highest BCUT2D eigenvalue weighted by Gasteiger charge is 2.15. The average Bonchev–Trinajstić information content (AvgIpc) is 3.00. The first-order valence-electron chi connectivity index (χ1n) is 9.10. The van der Waals surface area contributed by atoms with Crippen molar-refractivity contribution in [3.63, 3.8) is 0 Å². The molecule has 0 amide bonds. The second-order valence-electron chi connectivity index (χ2n) is 4.86. The molecule has 0 fully saturated rings. The van der Waals surface area contributed by atoms with Gasteiger partial charge in [0, 0.05) is 25.7 Å². The van der Waals surface area contributed by atoms with Gasteiger partial charge in [-0.15, -0.1) is 0 Å². The maximum absolute atomic E-state index is 4.45. The van der Waals surface area contributed by atoms with Crippen molar-refractivity contribution in [3.8, 4) is 11.3 Å². The van der Waals surface area contributed by atoms with E-state index in [4.69, 9.17) is 0 Å². The molecule has 0 N–H and O–H groups in total. The second-order valence-corrected chi connectivity index (χ2v) is 4.86. The molecule has 0 unspecified atom stereocenters. The Morgan fingerprint density at radius 3 is 1.91 bits per heavy atom. The van der Waals surface area contributed by atoms with Crippen LogP contribution in [0.15, 0.2) is 36.5 Å². The summed E-state index contributed by atoms with van der Waals surface area (Å²) in [6.07, 6.45) is 4.31. The summed E-state index contributed by atoms with van der Waals surface area (Å²) in [4.78, 5) is 2.44. The fraction of sp³-hybridized carbons (Fsp3) is 0.550. The maximum atomic E-state index is 4.45. The highest BCUT2D eigenvalue weighted by molar-refractivity contribution is 5.75. The zero-order valence-corrected chi connectivity index (χ0v) is 16.1. The smallest absolute Gasteiger partial charge is 0.0912 e. The first-order chi connectivity index (χ1) is 11.3. The number of hydrogen-bond donors (Lipinski definition) is 0. The van der Waals surface area contributed by atoms with E-state index in [2.05, 4.69) is 54.2 Å². The summed E-state index contributed by atoms with van der Waals surface area (Å²) >= 11 is 0. The zero-order valence-electron chi connectivity index (χ0n) is 16.1. The van der Waals surface area contributed by atoms with Crippen molar-refractivity contribution in [1.29, 1.82) is 0 Å². The Bertz CT molecular complexity index is 497. The summed E-state index contributed by atoms with van der Waals surface area (Å²) in [5.74, 6) is 0. The summed E-state index contributed by atoms with van der Waals surface area (Å²) < 4.78 is 1.98. The number of aryl methyl sites for hydroxylation is 1. The monoisotopic (exact) mass is 317 g/mol.